The van der Waals surface area contributed by atoms with Gasteiger partial charge in [0.25, 0.3) is 0 Å². The van der Waals surface area contributed by atoms with Gasteiger partial charge in [-0.15, -0.1) is 0 Å². The van der Waals surface area contributed by atoms with Crippen LogP contribution in [-0.4, -0.2) is 0 Å². The lowest BCUT2D eigenvalue weighted by Gasteiger charge is -2.14. The topological polar surface area (TPSA) is 26.0 Å². The van der Waals surface area contributed by atoms with E-state index in [1.165, 1.54) is 23.5 Å². The van der Waals surface area contributed by atoms with E-state index >= 15 is 0 Å². The molecule has 0 unspecified atom stereocenters. The first-order chi connectivity index (χ1) is 7.61. The van der Waals surface area contributed by atoms with Crippen LogP contribution < -0.4 is 5.73 Å². The van der Waals surface area contributed by atoms with Gasteiger partial charge in [-0.25, -0.2) is 4.39 Å². The van der Waals surface area contributed by atoms with Crippen molar-refractivity contribution in [2.45, 2.75) is 6.04 Å². The fourth-order valence-electron chi connectivity index (χ4n) is 1.45. The van der Waals surface area contributed by atoms with Crippen LogP contribution >= 0.6 is 34.5 Å². The first kappa shape index (κ1) is 11.9. The SMILES string of the molecule is N[C@@H](c1ccsc1)c1c(F)ccc(Cl)c1Cl. The first-order valence-electron chi connectivity index (χ1n) is 4.52. The standard InChI is InChI=1S/C11H8Cl2FNS/c12-7-1-2-8(14)9(10(7)13)11(15)6-3-4-16-5-6/h1-5,11H,15H2/t11-/m0/s1. The molecule has 1 aromatic carbocycles. The molecule has 0 radical (unpaired) electrons. The molecule has 2 aromatic rings. The molecule has 84 valence electrons. The van der Waals surface area contributed by atoms with Crippen molar-refractivity contribution in [3.63, 3.8) is 0 Å². The highest BCUT2D eigenvalue weighted by Gasteiger charge is 2.19. The fourth-order valence-corrected chi connectivity index (χ4v) is 2.58. The number of hydrogen-bond donors (Lipinski definition) is 1. The van der Waals surface area contributed by atoms with Crippen LogP contribution in [0.25, 0.3) is 0 Å². The molecule has 0 saturated heterocycles. The quantitative estimate of drug-likeness (QED) is 0.815. The zero-order valence-corrected chi connectivity index (χ0v) is 10.4. The summed E-state index contributed by atoms with van der Waals surface area (Å²) in [5, 5.41) is 4.23. The van der Waals surface area contributed by atoms with Gasteiger partial charge in [0, 0.05) is 5.56 Å². The van der Waals surface area contributed by atoms with E-state index in [-0.39, 0.29) is 10.6 Å². The molecule has 0 aliphatic carbocycles. The number of nitrogens with two attached hydrogens (primary N) is 1. The van der Waals surface area contributed by atoms with Crippen molar-refractivity contribution in [1.82, 2.24) is 0 Å². The summed E-state index contributed by atoms with van der Waals surface area (Å²) in [6.45, 7) is 0. The molecule has 1 nitrogen and oxygen atoms in total. The van der Waals surface area contributed by atoms with E-state index in [0.29, 0.717) is 5.02 Å². The molecular formula is C11H8Cl2FNS. The molecule has 1 aromatic heterocycles. The van der Waals surface area contributed by atoms with Crippen molar-refractivity contribution in [3.05, 3.63) is 55.9 Å². The minimum absolute atomic E-state index is 0.181. The maximum Gasteiger partial charge on any atom is 0.129 e. The van der Waals surface area contributed by atoms with Gasteiger partial charge >= 0.3 is 0 Å². The predicted molar refractivity (Wildman–Crippen MR) is 66.8 cm³/mol. The number of benzene rings is 1. The number of hydrogen-bond acceptors (Lipinski definition) is 2. The number of thiophene rings is 1. The average Bonchev–Trinajstić information content (AvgIpc) is 2.77. The van der Waals surface area contributed by atoms with Gasteiger partial charge in [-0.2, -0.15) is 11.3 Å². The molecule has 0 amide bonds. The van der Waals surface area contributed by atoms with Crippen LogP contribution in [0.5, 0.6) is 0 Å². The second-order valence-corrected chi connectivity index (χ2v) is 4.86. The summed E-state index contributed by atoms with van der Waals surface area (Å²) < 4.78 is 13.7. The summed E-state index contributed by atoms with van der Waals surface area (Å²) >= 11 is 13.3. The van der Waals surface area contributed by atoms with Gasteiger partial charge in [-0.05, 0) is 34.5 Å². The Bertz CT molecular complexity index is 499. The molecule has 0 saturated carbocycles. The molecular weight excluding hydrogens is 268 g/mol. The van der Waals surface area contributed by atoms with Crippen LogP contribution in [0.4, 0.5) is 4.39 Å². The summed E-state index contributed by atoms with van der Waals surface area (Å²) in [6, 6.07) is 3.95. The third-order valence-electron chi connectivity index (χ3n) is 2.29. The molecule has 2 rings (SSSR count). The first-order valence-corrected chi connectivity index (χ1v) is 6.22. The van der Waals surface area contributed by atoms with Crippen LogP contribution in [-0.2, 0) is 0 Å². The second kappa shape index (κ2) is 4.72. The Morgan fingerprint density at radius 1 is 1.25 bits per heavy atom. The molecule has 1 heterocycles. The van der Waals surface area contributed by atoms with Crippen molar-refractivity contribution in [2.75, 3.05) is 0 Å². The minimum atomic E-state index is -0.586. The predicted octanol–water partition coefficient (Wildman–Crippen LogP) is 4.24. The molecule has 0 aliphatic rings. The molecule has 0 fully saturated rings. The average molecular weight is 276 g/mol. The number of rotatable bonds is 2. The Hall–Kier alpha value is -0.610. The summed E-state index contributed by atoms with van der Waals surface area (Å²) in [5.41, 5.74) is 7.02. The van der Waals surface area contributed by atoms with Crippen LogP contribution in [0.3, 0.4) is 0 Å². The summed E-state index contributed by atoms with van der Waals surface area (Å²) in [6.07, 6.45) is 0. The van der Waals surface area contributed by atoms with Gasteiger partial charge < -0.3 is 5.73 Å². The van der Waals surface area contributed by atoms with E-state index in [1.807, 2.05) is 16.8 Å². The monoisotopic (exact) mass is 275 g/mol. The Morgan fingerprint density at radius 2 is 2.00 bits per heavy atom. The van der Waals surface area contributed by atoms with E-state index in [9.17, 15) is 4.39 Å². The van der Waals surface area contributed by atoms with Gasteiger partial charge in [-0.1, -0.05) is 23.2 Å². The summed E-state index contributed by atoms with van der Waals surface area (Å²) in [4.78, 5) is 0. The van der Waals surface area contributed by atoms with Gasteiger partial charge in [0.05, 0.1) is 16.1 Å². The van der Waals surface area contributed by atoms with Crippen LogP contribution in [0.2, 0.25) is 10.0 Å². The zero-order valence-electron chi connectivity index (χ0n) is 8.08. The van der Waals surface area contributed by atoms with Gasteiger partial charge in [0.15, 0.2) is 0 Å². The Labute approximate surface area is 107 Å². The third kappa shape index (κ3) is 2.09. The molecule has 16 heavy (non-hydrogen) atoms. The van der Waals surface area contributed by atoms with E-state index in [2.05, 4.69) is 0 Å². The van der Waals surface area contributed by atoms with Gasteiger partial charge in [0.1, 0.15) is 5.82 Å². The van der Waals surface area contributed by atoms with Crippen LogP contribution in [0.15, 0.2) is 29.0 Å². The molecule has 5 heteroatoms. The summed E-state index contributed by atoms with van der Waals surface area (Å²) in [5.74, 6) is -0.437. The van der Waals surface area contributed by atoms with Crippen molar-refractivity contribution in [3.8, 4) is 0 Å². The van der Waals surface area contributed by atoms with E-state index in [4.69, 9.17) is 28.9 Å². The van der Waals surface area contributed by atoms with Gasteiger partial charge in [-0.3, -0.25) is 0 Å². The minimum Gasteiger partial charge on any atom is -0.320 e. The molecule has 1 atom stereocenters. The highest BCUT2D eigenvalue weighted by Crippen LogP contribution is 2.34. The second-order valence-electron chi connectivity index (χ2n) is 3.29. The lowest BCUT2D eigenvalue weighted by molar-refractivity contribution is 0.600. The maximum absolute atomic E-state index is 13.7. The van der Waals surface area contributed by atoms with Crippen LogP contribution in [0.1, 0.15) is 17.2 Å². The Kier molecular flexibility index (Phi) is 3.50. The largest absolute Gasteiger partial charge is 0.320 e. The maximum atomic E-state index is 13.7. The van der Waals surface area contributed by atoms with Crippen molar-refractivity contribution in [1.29, 1.82) is 0 Å². The van der Waals surface area contributed by atoms with Crippen LogP contribution in [0, 0.1) is 5.82 Å². The molecule has 2 N–H and O–H groups in total. The van der Waals surface area contributed by atoms with E-state index in [0.717, 1.165) is 5.56 Å². The Balaban J connectivity index is 2.52. The van der Waals surface area contributed by atoms with Gasteiger partial charge in [0.2, 0.25) is 0 Å². The smallest absolute Gasteiger partial charge is 0.129 e. The lowest BCUT2D eigenvalue weighted by atomic mass is 10.0. The van der Waals surface area contributed by atoms with E-state index < -0.39 is 11.9 Å². The summed E-state index contributed by atoms with van der Waals surface area (Å²) in [7, 11) is 0. The molecule has 0 aliphatic heterocycles. The number of halogens is 3. The van der Waals surface area contributed by atoms with Crippen molar-refractivity contribution >= 4 is 34.5 Å². The Morgan fingerprint density at radius 3 is 2.62 bits per heavy atom. The van der Waals surface area contributed by atoms with Crippen molar-refractivity contribution in [2.24, 2.45) is 5.73 Å². The normalized spacial score (nSPS) is 12.8. The highest BCUT2D eigenvalue weighted by atomic mass is 35.5. The fraction of sp³-hybridized carbons (Fsp3) is 0.0909. The van der Waals surface area contributed by atoms with Crippen molar-refractivity contribution < 1.29 is 4.39 Å². The lowest BCUT2D eigenvalue weighted by Crippen LogP contribution is -2.13. The molecule has 0 spiro atoms. The zero-order chi connectivity index (χ0) is 11.7. The molecule has 0 bridgehead atoms. The third-order valence-corrected chi connectivity index (χ3v) is 3.81. The van der Waals surface area contributed by atoms with E-state index in [1.54, 1.807) is 0 Å². The highest BCUT2D eigenvalue weighted by molar-refractivity contribution is 7.08.